The third kappa shape index (κ3) is 3.50. The summed E-state index contributed by atoms with van der Waals surface area (Å²) in [5, 5.41) is 12.4. The van der Waals surface area contributed by atoms with E-state index in [0.29, 0.717) is 5.82 Å². The van der Waals surface area contributed by atoms with E-state index in [9.17, 15) is 4.79 Å². The second-order valence-electron chi connectivity index (χ2n) is 6.77. The van der Waals surface area contributed by atoms with E-state index < -0.39 is 11.5 Å². The third-order valence-electron chi connectivity index (χ3n) is 3.30. The van der Waals surface area contributed by atoms with Crippen molar-refractivity contribution in [1.82, 2.24) is 20.2 Å². The van der Waals surface area contributed by atoms with Gasteiger partial charge in [-0.2, -0.15) is 0 Å². The Labute approximate surface area is 130 Å². The molecule has 0 amide bonds. The molecule has 0 aliphatic carbocycles. The molecule has 0 spiro atoms. The van der Waals surface area contributed by atoms with Crippen molar-refractivity contribution in [3.05, 3.63) is 41.7 Å². The van der Waals surface area contributed by atoms with Crippen LogP contribution in [0.1, 0.15) is 46.0 Å². The van der Waals surface area contributed by atoms with E-state index in [1.807, 2.05) is 51.1 Å². The fourth-order valence-electron chi connectivity index (χ4n) is 1.73. The van der Waals surface area contributed by atoms with Gasteiger partial charge in [-0.05, 0) is 24.6 Å². The number of hydrogen-bond acceptors (Lipinski definition) is 5. The van der Waals surface area contributed by atoms with Gasteiger partial charge in [-0.3, -0.25) is 0 Å². The third-order valence-corrected chi connectivity index (χ3v) is 3.30. The maximum Gasteiger partial charge on any atom is 0.335 e. The molecule has 6 heteroatoms. The first-order valence-corrected chi connectivity index (χ1v) is 7.23. The van der Waals surface area contributed by atoms with Crippen LogP contribution in [-0.2, 0) is 27.1 Å². The number of benzene rings is 1. The average molecular weight is 302 g/mol. The Hall–Kier alpha value is -2.24. The standard InChI is InChI=1S/C16H22N4O2/c1-15(2,3)13-17-19-20(18-13)16(4,5)14(21)22-11-12-9-7-6-8-10-12/h6-10H,11H2,1-5H3. The summed E-state index contributed by atoms with van der Waals surface area (Å²) in [6, 6.07) is 9.55. The molecule has 0 radical (unpaired) electrons. The van der Waals surface area contributed by atoms with Gasteiger partial charge in [0.05, 0.1) is 0 Å². The van der Waals surface area contributed by atoms with Crippen molar-refractivity contribution in [2.24, 2.45) is 0 Å². The molecule has 22 heavy (non-hydrogen) atoms. The molecule has 0 bridgehead atoms. The zero-order valence-corrected chi connectivity index (χ0v) is 13.7. The van der Waals surface area contributed by atoms with Gasteiger partial charge in [0.1, 0.15) is 6.61 Å². The number of nitrogens with zero attached hydrogens (tertiary/aromatic N) is 4. The Kier molecular flexibility index (Phi) is 4.30. The van der Waals surface area contributed by atoms with Crippen molar-refractivity contribution in [2.45, 2.75) is 52.2 Å². The fourth-order valence-corrected chi connectivity index (χ4v) is 1.73. The van der Waals surface area contributed by atoms with Gasteiger partial charge in [-0.25, -0.2) is 4.79 Å². The van der Waals surface area contributed by atoms with E-state index in [2.05, 4.69) is 15.4 Å². The number of hydrogen-bond donors (Lipinski definition) is 0. The van der Waals surface area contributed by atoms with Gasteiger partial charge >= 0.3 is 5.97 Å². The second-order valence-corrected chi connectivity index (χ2v) is 6.77. The summed E-state index contributed by atoms with van der Waals surface area (Å²) in [7, 11) is 0. The summed E-state index contributed by atoms with van der Waals surface area (Å²) in [5.41, 5.74) is -0.290. The van der Waals surface area contributed by atoms with Crippen molar-refractivity contribution in [3.8, 4) is 0 Å². The van der Waals surface area contributed by atoms with Crippen LogP contribution < -0.4 is 0 Å². The summed E-state index contributed by atoms with van der Waals surface area (Å²) in [6.07, 6.45) is 0. The smallest absolute Gasteiger partial charge is 0.335 e. The van der Waals surface area contributed by atoms with E-state index in [0.717, 1.165) is 5.56 Å². The van der Waals surface area contributed by atoms with Gasteiger partial charge in [-0.15, -0.1) is 15.0 Å². The maximum atomic E-state index is 12.3. The first-order valence-electron chi connectivity index (χ1n) is 7.23. The lowest BCUT2D eigenvalue weighted by atomic mass is 9.96. The first-order chi connectivity index (χ1) is 10.2. The molecule has 6 nitrogen and oxygen atoms in total. The predicted molar refractivity (Wildman–Crippen MR) is 82.1 cm³/mol. The Morgan fingerprint density at radius 2 is 1.77 bits per heavy atom. The van der Waals surface area contributed by atoms with Gasteiger partial charge in [0.15, 0.2) is 11.4 Å². The number of ether oxygens (including phenoxy) is 1. The minimum absolute atomic E-state index is 0.220. The molecular weight excluding hydrogens is 280 g/mol. The molecule has 2 aromatic rings. The first kappa shape index (κ1) is 16.1. The quantitative estimate of drug-likeness (QED) is 0.811. The Morgan fingerprint density at radius 1 is 1.14 bits per heavy atom. The Balaban J connectivity index is 2.09. The van der Waals surface area contributed by atoms with Crippen LogP contribution in [0.2, 0.25) is 0 Å². The van der Waals surface area contributed by atoms with Gasteiger partial charge in [0.2, 0.25) is 0 Å². The molecule has 118 valence electrons. The lowest BCUT2D eigenvalue weighted by Crippen LogP contribution is -2.39. The molecule has 0 N–H and O–H groups in total. The van der Waals surface area contributed by atoms with E-state index in [1.54, 1.807) is 13.8 Å². The molecular formula is C16H22N4O2. The monoisotopic (exact) mass is 302 g/mol. The van der Waals surface area contributed by atoms with Crippen molar-refractivity contribution >= 4 is 5.97 Å². The summed E-state index contributed by atoms with van der Waals surface area (Å²) in [6.45, 7) is 9.64. The summed E-state index contributed by atoms with van der Waals surface area (Å²) in [5.74, 6) is 0.200. The summed E-state index contributed by atoms with van der Waals surface area (Å²) < 4.78 is 5.37. The average Bonchev–Trinajstić information content (AvgIpc) is 2.96. The number of carbonyl (C=O) groups is 1. The van der Waals surface area contributed by atoms with Crippen molar-refractivity contribution < 1.29 is 9.53 Å². The largest absolute Gasteiger partial charge is 0.459 e. The van der Waals surface area contributed by atoms with Crippen LogP contribution in [0.5, 0.6) is 0 Å². The van der Waals surface area contributed by atoms with Gasteiger partial charge in [0, 0.05) is 5.41 Å². The molecule has 0 saturated carbocycles. The van der Waals surface area contributed by atoms with Crippen LogP contribution in [0.4, 0.5) is 0 Å². The zero-order valence-electron chi connectivity index (χ0n) is 13.7. The lowest BCUT2D eigenvalue weighted by molar-refractivity contribution is -0.155. The molecule has 1 aromatic heterocycles. The minimum atomic E-state index is -1.01. The van der Waals surface area contributed by atoms with Gasteiger partial charge in [-0.1, -0.05) is 51.1 Å². The second kappa shape index (κ2) is 5.87. The van der Waals surface area contributed by atoms with Crippen LogP contribution in [-0.4, -0.2) is 26.2 Å². The van der Waals surface area contributed by atoms with Crippen LogP contribution in [0.25, 0.3) is 0 Å². The summed E-state index contributed by atoms with van der Waals surface area (Å²) >= 11 is 0. The van der Waals surface area contributed by atoms with Crippen molar-refractivity contribution in [3.63, 3.8) is 0 Å². The topological polar surface area (TPSA) is 69.9 Å². The maximum absolute atomic E-state index is 12.3. The SMILES string of the molecule is CC(C)(C)c1nnn(C(C)(C)C(=O)OCc2ccccc2)n1. The number of carbonyl (C=O) groups excluding carboxylic acids is 1. The minimum Gasteiger partial charge on any atom is -0.459 e. The molecule has 0 aliphatic rings. The lowest BCUT2D eigenvalue weighted by Gasteiger charge is -2.21. The highest BCUT2D eigenvalue weighted by molar-refractivity contribution is 5.77. The number of rotatable bonds is 4. The molecule has 0 atom stereocenters. The van der Waals surface area contributed by atoms with Gasteiger partial charge in [0.25, 0.3) is 0 Å². The van der Waals surface area contributed by atoms with Crippen LogP contribution in [0, 0.1) is 0 Å². The molecule has 1 heterocycles. The predicted octanol–water partition coefficient (Wildman–Crippen LogP) is 2.45. The molecule has 0 unspecified atom stereocenters. The molecule has 0 fully saturated rings. The van der Waals surface area contributed by atoms with Gasteiger partial charge < -0.3 is 4.74 Å². The van der Waals surface area contributed by atoms with Crippen LogP contribution >= 0.6 is 0 Å². The number of aromatic nitrogens is 4. The highest BCUT2D eigenvalue weighted by Gasteiger charge is 2.35. The van der Waals surface area contributed by atoms with E-state index in [4.69, 9.17) is 4.74 Å². The Morgan fingerprint density at radius 3 is 2.32 bits per heavy atom. The van der Waals surface area contributed by atoms with E-state index in [-0.39, 0.29) is 12.0 Å². The number of esters is 1. The molecule has 1 aromatic carbocycles. The molecule has 0 saturated heterocycles. The zero-order chi connectivity index (χ0) is 16.4. The highest BCUT2D eigenvalue weighted by atomic mass is 16.5. The Bertz CT molecular complexity index is 642. The van der Waals surface area contributed by atoms with Crippen LogP contribution in [0.15, 0.2) is 30.3 Å². The number of tetrazole rings is 1. The molecule has 2 rings (SSSR count). The highest BCUT2D eigenvalue weighted by Crippen LogP contribution is 2.20. The van der Waals surface area contributed by atoms with E-state index >= 15 is 0 Å². The van der Waals surface area contributed by atoms with Crippen LogP contribution in [0.3, 0.4) is 0 Å². The summed E-state index contributed by atoms with van der Waals surface area (Å²) in [4.78, 5) is 13.7. The van der Waals surface area contributed by atoms with Crippen molar-refractivity contribution in [1.29, 1.82) is 0 Å². The normalized spacial score (nSPS) is 12.2. The fraction of sp³-hybridized carbons (Fsp3) is 0.500. The van der Waals surface area contributed by atoms with E-state index in [1.165, 1.54) is 4.80 Å². The van der Waals surface area contributed by atoms with Crippen molar-refractivity contribution in [2.75, 3.05) is 0 Å². The molecule has 0 aliphatic heterocycles.